The lowest BCUT2D eigenvalue weighted by molar-refractivity contribution is 0.0492. The standard InChI is InChI=1S/C27H29N3O7/c1-27(2,3)37-26(33)30-21(23-28-14-22(36-23)24(31)34-4)13-29-25(32)35-15-20-18-11-7-5-9-16(18)17-10-6-8-12-19(17)20/h5-12,14,20-21H,13,15H2,1-4H3,(H,29,32)(H,30,33)/t21-/m0/s1. The minimum absolute atomic E-state index is 0.00907. The Morgan fingerprint density at radius 1 is 1.00 bits per heavy atom. The number of carbonyl (C=O) groups excluding carboxylic acids is 3. The van der Waals surface area contributed by atoms with Gasteiger partial charge in [-0.15, -0.1) is 0 Å². The lowest BCUT2D eigenvalue weighted by Gasteiger charge is -2.22. The number of carbonyl (C=O) groups is 3. The summed E-state index contributed by atoms with van der Waals surface area (Å²) in [6, 6.07) is 15.1. The van der Waals surface area contributed by atoms with Gasteiger partial charge in [0.25, 0.3) is 0 Å². The van der Waals surface area contributed by atoms with E-state index in [4.69, 9.17) is 13.9 Å². The third kappa shape index (κ3) is 6.08. The van der Waals surface area contributed by atoms with E-state index in [1.807, 2.05) is 36.4 Å². The van der Waals surface area contributed by atoms with Gasteiger partial charge in [-0.05, 0) is 43.0 Å². The van der Waals surface area contributed by atoms with Crippen LogP contribution in [0.4, 0.5) is 9.59 Å². The number of fused-ring (bicyclic) bond motifs is 3. The lowest BCUT2D eigenvalue weighted by atomic mass is 9.98. The van der Waals surface area contributed by atoms with Crippen molar-refractivity contribution in [3.05, 3.63) is 77.5 Å². The van der Waals surface area contributed by atoms with Crippen LogP contribution in [0.1, 0.15) is 60.3 Å². The highest BCUT2D eigenvalue weighted by atomic mass is 16.6. The van der Waals surface area contributed by atoms with E-state index in [9.17, 15) is 14.4 Å². The van der Waals surface area contributed by atoms with Gasteiger partial charge in [-0.2, -0.15) is 0 Å². The normalized spacial score (nSPS) is 13.2. The lowest BCUT2D eigenvalue weighted by Crippen LogP contribution is -2.40. The summed E-state index contributed by atoms with van der Waals surface area (Å²) in [5.41, 5.74) is 3.69. The summed E-state index contributed by atoms with van der Waals surface area (Å²) in [5, 5.41) is 5.23. The number of benzene rings is 2. The zero-order valence-electron chi connectivity index (χ0n) is 21.1. The molecule has 194 valence electrons. The first-order chi connectivity index (χ1) is 17.7. The number of nitrogens with zero attached hydrogens (tertiary/aromatic N) is 1. The molecule has 10 nitrogen and oxygen atoms in total. The Kier molecular flexibility index (Phi) is 7.47. The molecular formula is C27H29N3O7. The summed E-state index contributed by atoms with van der Waals surface area (Å²) in [5.74, 6) is -0.970. The number of esters is 1. The number of ether oxygens (including phenoxy) is 3. The largest absolute Gasteiger partial charge is 0.463 e. The van der Waals surface area contributed by atoms with E-state index in [0.717, 1.165) is 22.3 Å². The van der Waals surface area contributed by atoms with Crippen LogP contribution < -0.4 is 10.6 Å². The average molecular weight is 508 g/mol. The second-order valence-electron chi connectivity index (χ2n) is 9.46. The quantitative estimate of drug-likeness (QED) is 0.352. The zero-order valence-corrected chi connectivity index (χ0v) is 21.1. The molecule has 0 bridgehead atoms. The first-order valence-corrected chi connectivity index (χ1v) is 11.8. The van der Waals surface area contributed by atoms with Crippen LogP contribution in [-0.4, -0.2) is 49.0 Å². The van der Waals surface area contributed by atoms with Gasteiger partial charge in [0, 0.05) is 5.92 Å². The second kappa shape index (κ2) is 10.7. The van der Waals surface area contributed by atoms with Gasteiger partial charge in [0.15, 0.2) is 0 Å². The fourth-order valence-corrected chi connectivity index (χ4v) is 4.13. The molecule has 4 rings (SSSR count). The molecule has 10 heteroatoms. The van der Waals surface area contributed by atoms with E-state index in [2.05, 4.69) is 32.5 Å². The number of alkyl carbamates (subject to hydrolysis) is 2. The molecule has 0 radical (unpaired) electrons. The van der Waals surface area contributed by atoms with Crippen molar-refractivity contribution in [2.45, 2.75) is 38.3 Å². The van der Waals surface area contributed by atoms with Gasteiger partial charge < -0.3 is 29.3 Å². The first kappa shape index (κ1) is 25.7. The van der Waals surface area contributed by atoms with E-state index >= 15 is 0 Å². The summed E-state index contributed by atoms with van der Waals surface area (Å²) in [4.78, 5) is 40.8. The molecule has 0 fully saturated rings. The van der Waals surface area contributed by atoms with Crippen LogP contribution in [0, 0.1) is 0 Å². The van der Waals surface area contributed by atoms with E-state index in [1.54, 1.807) is 20.8 Å². The van der Waals surface area contributed by atoms with Crippen LogP contribution >= 0.6 is 0 Å². The molecule has 2 N–H and O–H groups in total. The number of aromatic nitrogens is 1. The average Bonchev–Trinajstić information content (AvgIpc) is 3.47. The van der Waals surface area contributed by atoms with E-state index in [1.165, 1.54) is 13.3 Å². The third-order valence-corrected chi connectivity index (χ3v) is 5.69. The second-order valence-corrected chi connectivity index (χ2v) is 9.46. The van der Waals surface area contributed by atoms with E-state index in [-0.39, 0.29) is 30.7 Å². The number of rotatable bonds is 7. The highest BCUT2D eigenvalue weighted by Crippen LogP contribution is 2.44. The Morgan fingerprint density at radius 2 is 1.62 bits per heavy atom. The summed E-state index contributed by atoms with van der Waals surface area (Å²) in [6.45, 7) is 5.16. The zero-order chi connectivity index (χ0) is 26.6. The maximum atomic E-state index is 12.6. The van der Waals surface area contributed by atoms with Crippen molar-refractivity contribution in [2.24, 2.45) is 0 Å². The molecule has 1 heterocycles. The van der Waals surface area contributed by atoms with Crippen molar-refractivity contribution in [3.63, 3.8) is 0 Å². The third-order valence-electron chi connectivity index (χ3n) is 5.69. The van der Waals surface area contributed by atoms with Crippen molar-refractivity contribution in [3.8, 4) is 11.1 Å². The van der Waals surface area contributed by atoms with Gasteiger partial charge >= 0.3 is 18.2 Å². The van der Waals surface area contributed by atoms with Gasteiger partial charge in [0.2, 0.25) is 11.7 Å². The van der Waals surface area contributed by atoms with Crippen LogP contribution in [0.15, 0.2) is 59.1 Å². The SMILES string of the molecule is COC(=O)c1cnc([C@H](CNC(=O)OCC2c3ccccc3-c3ccccc32)NC(=O)OC(C)(C)C)o1. The topological polar surface area (TPSA) is 129 Å². The molecule has 1 aliphatic carbocycles. The molecular weight excluding hydrogens is 478 g/mol. The highest BCUT2D eigenvalue weighted by Gasteiger charge is 2.30. The van der Waals surface area contributed by atoms with Gasteiger partial charge in [0.05, 0.1) is 19.9 Å². The van der Waals surface area contributed by atoms with Crippen molar-refractivity contribution in [2.75, 3.05) is 20.3 Å². The Labute approximate surface area is 214 Å². The molecule has 0 aliphatic heterocycles. The summed E-state index contributed by atoms with van der Waals surface area (Å²) in [6.07, 6.45) is -0.250. The van der Waals surface area contributed by atoms with Crippen LogP contribution in [0.3, 0.4) is 0 Å². The Balaban J connectivity index is 1.41. The van der Waals surface area contributed by atoms with Crippen molar-refractivity contribution in [1.29, 1.82) is 0 Å². The molecule has 0 spiro atoms. The predicted octanol–water partition coefficient (Wildman–Crippen LogP) is 4.57. The first-order valence-electron chi connectivity index (χ1n) is 11.8. The maximum Gasteiger partial charge on any atom is 0.408 e. The predicted molar refractivity (Wildman–Crippen MR) is 133 cm³/mol. The fraction of sp³-hybridized carbons (Fsp3) is 0.333. The molecule has 0 unspecified atom stereocenters. The summed E-state index contributed by atoms with van der Waals surface area (Å²) >= 11 is 0. The molecule has 0 saturated carbocycles. The Morgan fingerprint density at radius 3 is 2.22 bits per heavy atom. The number of oxazole rings is 1. The minimum Gasteiger partial charge on any atom is -0.463 e. The molecule has 37 heavy (non-hydrogen) atoms. The number of hydrogen-bond acceptors (Lipinski definition) is 8. The maximum absolute atomic E-state index is 12.6. The molecule has 1 aromatic heterocycles. The molecule has 1 atom stereocenters. The molecule has 3 aromatic rings. The van der Waals surface area contributed by atoms with Gasteiger partial charge in [-0.3, -0.25) is 0 Å². The van der Waals surface area contributed by atoms with Crippen molar-refractivity contribution >= 4 is 18.2 Å². The monoisotopic (exact) mass is 507 g/mol. The van der Waals surface area contributed by atoms with Crippen LogP contribution in [0.25, 0.3) is 11.1 Å². The number of hydrogen-bond donors (Lipinski definition) is 2. The highest BCUT2D eigenvalue weighted by molar-refractivity contribution is 5.85. The van der Waals surface area contributed by atoms with Crippen LogP contribution in [-0.2, 0) is 14.2 Å². The Hall–Kier alpha value is -4.34. The number of nitrogens with one attached hydrogen (secondary N) is 2. The van der Waals surface area contributed by atoms with E-state index in [0.29, 0.717) is 0 Å². The summed E-state index contributed by atoms with van der Waals surface area (Å²) < 4.78 is 20.9. The summed E-state index contributed by atoms with van der Waals surface area (Å²) in [7, 11) is 1.21. The molecule has 2 amide bonds. The fourth-order valence-electron chi connectivity index (χ4n) is 4.13. The van der Waals surface area contributed by atoms with Gasteiger partial charge in [-0.25, -0.2) is 19.4 Å². The minimum atomic E-state index is -0.936. The van der Waals surface area contributed by atoms with Crippen LogP contribution in [0.2, 0.25) is 0 Å². The smallest absolute Gasteiger partial charge is 0.408 e. The number of amides is 2. The molecule has 2 aromatic carbocycles. The molecule has 1 aliphatic rings. The van der Waals surface area contributed by atoms with Crippen molar-refractivity contribution < 1.29 is 33.0 Å². The van der Waals surface area contributed by atoms with Gasteiger partial charge in [-0.1, -0.05) is 48.5 Å². The molecule has 0 saturated heterocycles. The Bertz CT molecular complexity index is 1250. The number of methoxy groups -OCH3 is 1. The van der Waals surface area contributed by atoms with Crippen LogP contribution in [0.5, 0.6) is 0 Å². The van der Waals surface area contributed by atoms with Crippen molar-refractivity contribution in [1.82, 2.24) is 15.6 Å². The van der Waals surface area contributed by atoms with Gasteiger partial charge in [0.1, 0.15) is 18.2 Å². The van der Waals surface area contributed by atoms with E-state index < -0.39 is 29.8 Å².